The van der Waals surface area contributed by atoms with Crippen molar-refractivity contribution in [1.82, 2.24) is 4.90 Å². The number of nitrogens with one attached hydrogen (secondary N) is 1. The molecular weight excluding hydrogens is 400 g/mol. The summed E-state index contributed by atoms with van der Waals surface area (Å²) in [6.07, 6.45) is 0. The molecule has 0 spiro atoms. The Morgan fingerprint density at radius 1 is 1.07 bits per heavy atom. The summed E-state index contributed by atoms with van der Waals surface area (Å²) in [5.41, 5.74) is 2.92. The van der Waals surface area contributed by atoms with Crippen molar-refractivity contribution in [2.45, 2.75) is 20.8 Å². The Labute approximate surface area is 179 Å². The number of aryl methyl sites for hydroxylation is 2. The molecule has 0 atom stereocenters. The molecule has 1 aliphatic heterocycles. The number of nitrogens with zero attached hydrogens (tertiary/aromatic N) is 1. The molecule has 0 unspecified atom stereocenters. The fraction of sp³-hybridized carbons (Fsp3) is 0.304. The summed E-state index contributed by atoms with van der Waals surface area (Å²) in [6, 6.07) is 11.6. The summed E-state index contributed by atoms with van der Waals surface area (Å²) < 4.78 is 10.9. The molecule has 30 heavy (non-hydrogen) atoms. The summed E-state index contributed by atoms with van der Waals surface area (Å²) in [6.45, 7) is 7.64. The lowest BCUT2D eigenvalue weighted by Gasteiger charge is -2.27. The number of amides is 2. The minimum atomic E-state index is -0.277. The molecule has 0 radical (unpaired) electrons. The molecule has 1 aromatic carbocycles. The van der Waals surface area contributed by atoms with Crippen LogP contribution in [0.15, 0.2) is 40.8 Å². The Balaban J connectivity index is 1.74. The molecule has 1 saturated heterocycles. The van der Waals surface area contributed by atoms with Crippen molar-refractivity contribution < 1.29 is 18.7 Å². The number of morpholine rings is 1. The normalized spacial score (nSPS) is 14.0. The van der Waals surface area contributed by atoms with E-state index in [9.17, 15) is 9.59 Å². The Morgan fingerprint density at radius 2 is 1.77 bits per heavy atom. The van der Waals surface area contributed by atoms with E-state index in [1.54, 1.807) is 24.8 Å². The van der Waals surface area contributed by atoms with Crippen LogP contribution in [-0.4, -0.2) is 43.0 Å². The first-order valence-corrected chi connectivity index (χ1v) is 10.7. The highest BCUT2D eigenvalue weighted by Gasteiger charge is 2.28. The van der Waals surface area contributed by atoms with Gasteiger partial charge in [0.05, 0.1) is 24.3 Å². The van der Waals surface area contributed by atoms with Crippen molar-refractivity contribution in [1.29, 1.82) is 0 Å². The number of hydrogen-bond donors (Lipinski definition) is 1. The van der Waals surface area contributed by atoms with E-state index in [4.69, 9.17) is 9.15 Å². The zero-order valence-electron chi connectivity index (χ0n) is 17.3. The predicted molar refractivity (Wildman–Crippen MR) is 117 cm³/mol. The fourth-order valence-electron chi connectivity index (χ4n) is 3.68. The monoisotopic (exact) mass is 424 g/mol. The van der Waals surface area contributed by atoms with E-state index in [0.29, 0.717) is 54.0 Å². The van der Waals surface area contributed by atoms with Crippen molar-refractivity contribution in [2.24, 2.45) is 0 Å². The topological polar surface area (TPSA) is 71.8 Å². The molecule has 3 aromatic rings. The summed E-state index contributed by atoms with van der Waals surface area (Å²) in [5, 5.41) is 3.53. The highest BCUT2D eigenvalue weighted by Crippen LogP contribution is 2.41. The number of carbonyl (C=O) groups excluding carboxylic acids is 2. The van der Waals surface area contributed by atoms with Gasteiger partial charge in [0, 0.05) is 18.0 Å². The molecule has 2 aromatic heterocycles. The van der Waals surface area contributed by atoms with Crippen LogP contribution in [-0.2, 0) is 4.74 Å². The summed E-state index contributed by atoms with van der Waals surface area (Å²) >= 11 is 1.43. The summed E-state index contributed by atoms with van der Waals surface area (Å²) in [5.74, 6) is 0.878. The number of benzene rings is 1. The van der Waals surface area contributed by atoms with E-state index in [0.717, 1.165) is 16.0 Å². The maximum absolute atomic E-state index is 13.4. The number of thiophene rings is 1. The van der Waals surface area contributed by atoms with E-state index in [-0.39, 0.29) is 11.8 Å². The van der Waals surface area contributed by atoms with E-state index in [1.165, 1.54) is 11.3 Å². The largest absolute Gasteiger partial charge is 0.466 e. The average molecular weight is 425 g/mol. The maximum atomic E-state index is 13.4. The van der Waals surface area contributed by atoms with Crippen molar-refractivity contribution >= 4 is 28.2 Å². The molecule has 0 aliphatic carbocycles. The van der Waals surface area contributed by atoms with E-state index >= 15 is 0 Å². The van der Waals surface area contributed by atoms with E-state index in [2.05, 4.69) is 5.32 Å². The van der Waals surface area contributed by atoms with Crippen LogP contribution in [0, 0.1) is 20.8 Å². The van der Waals surface area contributed by atoms with Crippen LogP contribution in [0.1, 0.15) is 37.8 Å². The first-order valence-electron chi connectivity index (χ1n) is 9.90. The fourth-order valence-corrected chi connectivity index (χ4v) is 4.87. The van der Waals surface area contributed by atoms with Gasteiger partial charge in [0.1, 0.15) is 16.5 Å². The molecule has 3 heterocycles. The Hall–Kier alpha value is -2.90. The van der Waals surface area contributed by atoms with Gasteiger partial charge in [-0.05, 0) is 38.0 Å². The van der Waals surface area contributed by atoms with Gasteiger partial charge in [-0.25, -0.2) is 0 Å². The lowest BCUT2D eigenvalue weighted by Crippen LogP contribution is -2.41. The predicted octanol–water partition coefficient (Wildman–Crippen LogP) is 4.66. The van der Waals surface area contributed by atoms with Crippen LogP contribution >= 0.6 is 11.3 Å². The van der Waals surface area contributed by atoms with E-state index in [1.807, 2.05) is 37.3 Å². The minimum absolute atomic E-state index is 0.0790. The van der Waals surface area contributed by atoms with Gasteiger partial charge >= 0.3 is 0 Å². The number of furan rings is 1. The van der Waals surface area contributed by atoms with Gasteiger partial charge in [0.2, 0.25) is 0 Å². The Bertz CT molecular complexity index is 1080. The molecule has 1 N–H and O–H groups in total. The number of rotatable bonds is 4. The smallest absolute Gasteiger partial charge is 0.259 e. The zero-order chi connectivity index (χ0) is 21.3. The number of anilines is 1. The molecule has 1 fully saturated rings. The van der Waals surface area contributed by atoms with Crippen LogP contribution in [0.5, 0.6) is 0 Å². The summed E-state index contributed by atoms with van der Waals surface area (Å²) in [7, 11) is 0. The van der Waals surface area contributed by atoms with Crippen LogP contribution in [0.4, 0.5) is 5.00 Å². The second-order valence-corrected chi connectivity index (χ2v) is 8.33. The van der Waals surface area contributed by atoms with Crippen LogP contribution < -0.4 is 5.32 Å². The number of ether oxygens (including phenoxy) is 1. The van der Waals surface area contributed by atoms with Gasteiger partial charge < -0.3 is 19.4 Å². The third-order valence-electron chi connectivity index (χ3n) is 5.21. The number of hydrogen-bond acceptors (Lipinski definition) is 5. The lowest BCUT2D eigenvalue weighted by molar-refractivity contribution is 0.0303. The summed E-state index contributed by atoms with van der Waals surface area (Å²) in [4.78, 5) is 29.1. The molecule has 4 rings (SSSR count). The van der Waals surface area contributed by atoms with Crippen molar-refractivity contribution in [3.63, 3.8) is 0 Å². The highest BCUT2D eigenvalue weighted by atomic mass is 32.1. The zero-order valence-corrected chi connectivity index (χ0v) is 18.1. The Morgan fingerprint density at radius 3 is 2.40 bits per heavy atom. The molecule has 6 nitrogen and oxygen atoms in total. The van der Waals surface area contributed by atoms with Crippen molar-refractivity contribution in [3.8, 4) is 10.4 Å². The van der Waals surface area contributed by atoms with Gasteiger partial charge in [0.25, 0.3) is 11.8 Å². The second-order valence-electron chi connectivity index (χ2n) is 7.31. The molecule has 2 amide bonds. The van der Waals surface area contributed by atoms with E-state index < -0.39 is 0 Å². The number of carbonyl (C=O) groups is 2. The first kappa shape index (κ1) is 20.4. The third-order valence-corrected chi connectivity index (χ3v) is 6.46. The van der Waals surface area contributed by atoms with Crippen LogP contribution in [0.3, 0.4) is 0 Å². The average Bonchev–Trinajstić information content (AvgIpc) is 3.27. The first-order chi connectivity index (χ1) is 14.5. The van der Waals surface area contributed by atoms with Gasteiger partial charge in [-0.3, -0.25) is 9.59 Å². The quantitative estimate of drug-likeness (QED) is 0.661. The molecule has 0 bridgehead atoms. The van der Waals surface area contributed by atoms with Crippen molar-refractivity contribution in [2.75, 3.05) is 31.6 Å². The second kappa shape index (κ2) is 8.45. The van der Waals surface area contributed by atoms with Gasteiger partial charge in [-0.2, -0.15) is 0 Å². The highest BCUT2D eigenvalue weighted by molar-refractivity contribution is 7.20. The minimum Gasteiger partial charge on any atom is -0.466 e. The van der Waals surface area contributed by atoms with Gasteiger partial charge in [-0.1, -0.05) is 30.3 Å². The molecule has 7 heteroatoms. The van der Waals surface area contributed by atoms with Crippen LogP contribution in [0.2, 0.25) is 0 Å². The van der Waals surface area contributed by atoms with Gasteiger partial charge in [-0.15, -0.1) is 11.3 Å². The van der Waals surface area contributed by atoms with Crippen LogP contribution in [0.25, 0.3) is 10.4 Å². The molecule has 1 aliphatic rings. The standard InChI is InChI=1S/C23H24N2O4S/c1-14-13-18(16(3)29-14)21(26)24-22-19(23(27)25-9-11-28-12-10-25)15(2)20(30-22)17-7-5-4-6-8-17/h4-8,13H,9-12H2,1-3H3,(H,24,26). The van der Waals surface area contributed by atoms with Crippen molar-refractivity contribution in [3.05, 3.63) is 64.6 Å². The third kappa shape index (κ3) is 3.91. The Kier molecular flexibility index (Phi) is 5.74. The van der Waals surface area contributed by atoms with Gasteiger partial charge in [0.15, 0.2) is 0 Å². The lowest BCUT2D eigenvalue weighted by atomic mass is 10.1. The SMILES string of the molecule is Cc1cc(C(=O)Nc2sc(-c3ccccc3)c(C)c2C(=O)N2CCOCC2)c(C)o1. The maximum Gasteiger partial charge on any atom is 0.259 e. The molecule has 0 saturated carbocycles. The molecule has 156 valence electrons. The molecular formula is C23H24N2O4S.